The molecule has 1 amide bonds. The van der Waals surface area contributed by atoms with Gasteiger partial charge in [0, 0.05) is 37.9 Å². The maximum atomic E-state index is 13.4. The highest BCUT2D eigenvalue weighted by Crippen LogP contribution is 2.67. The van der Waals surface area contributed by atoms with Crippen LogP contribution < -0.4 is 10.6 Å². The number of aryl methyl sites for hydroxylation is 1. The highest BCUT2D eigenvalue weighted by molar-refractivity contribution is 5.81. The van der Waals surface area contributed by atoms with Gasteiger partial charge in [-0.05, 0) is 48.1 Å². The second-order valence-electron chi connectivity index (χ2n) is 9.43. The van der Waals surface area contributed by atoms with Gasteiger partial charge in [0.25, 0.3) is 0 Å². The Labute approximate surface area is 157 Å². The molecule has 1 heterocycles. The van der Waals surface area contributed by atoms with Gasteiger partial charge >= 0.3 is 0 Å². The zero-order chi connectivity index (χ0) is 18.7. The fourth-order valence-corrected chi connectivity index (χ4v) is 6.06. The second kappa shape index (κ2) is 5.98. The number of fused-ring (bicyclic) bond motifs is 2. The van der Waals surface area contributed by atoms with E-state index in [0.29, 0.717) is 11.8 Å². The van der Waals surface area contributed by atoms with Crippen LogP contribution in [0.5, 0.6) is 0 Å². The first kappa shape index (κ1) is 17.8. The molecule has 0 spiro atoms. The SMILES string of the molecule is Cc1ccccc1N1CCN(C(=O)C2C3CCC(C)(C2N)C3(C)C)CC1. The van der Waals surface area contributed by atoms with Gasteiger partial charge in [-0.2, -0.15) is 0 Å². The number of nitrogens with zero attached hydrogens (tertiary/aromatic N) is 2. The van der Waals surface area contributed by atoms with Gasteiger partial charge in [-0.15, -0.1) is 0 Å². The minimum Gasteiger partial charge on any atom is -0.368 e. The number of piperazine rings is 1. The lowest BCUT2D eigenvalue weighted by Gasteiger charge is -2.41. The van der Waals surface area contributed by atoms with E-state index in [9.17, 15) is 4.79 Å². The first-order valence-corrected chi connectivity index (χ1v) is 10.1. The third kappa shape index (κ3) is 2.34. The second-order valence-corrected chi connectivity index (χ2v) is 9.43. The molecule has 4 heteroatoms. The van der Waals surface area contributed by atoms with Gasteiger partial charge in [0.1, 0.15) is 0 Å². The van der Waals surface area contributed by atoms with Crippen LogP contribution in [0.25, 0.3) is 0 Å². The molecule has 0 aromatic heterocycles. The predicted molar refractivity (Wildman–Crippen MR) is 106 cm³/mol. The summed E-state index contributed by atoms with van der Waals surface area (Å²) in [7, 11) is 0. The summed E-state index contributed by atoms with van der Waals surface area (Å²) in [5, 5.41) is 0. The molecular weight excluding hydrogens is 322 g/mol. The summed E-state index contributed by atoms with van der Waals surface area (Å²) in [5.41, 5.74) is 9.52. The molecule has 2 saturated carbocycles. The topological polar surface area (TPSA) is 49.6 Å². The van der Waals surface area contributed by atoms with Crippen molar-refractivity contribution in [3.8, 4) is 0 Å². The lowest BCUT2D eigenvalue weighted by molar-refractivity contribution is -0.138. The molecule has 0 radical (unpaired) electrons. The van der Waals surface area contributed by atoms with E-state index >= 15 is 0 Å². The largest absolute Gasteiger partial charge is 0.368 e. The summed E-state index contributed by atoms with van der Waals surface area (Å²) >= 11 is 0. The smallest absolute Gasteiger partial charge is 0.227 e. The minimum absolute atomic E-state index is 0.00172. The third-order valence-corrected chi connectivity index (χ3v) is 8.26. The Morgan fingerprint density at radius 3 is 2.35 bits per heavy atom. The lowest BCUT2D eigenvalue weighted by Crippen LogP contribution is -2.55. The monoisotopic (exact) mass is 355 g/mol. The van der Waals surface area contributed by atoms with Crippen LogP contribution in [0.2, 0.25) is 0 Å². The van der Waals surface area contributed by atoms with Crippen molar-refractivity contribution < 1.29 is 4.79 Å². The summed E-state index contributed by atoms with van der Waals surface area (Å²) in [6.45, 7) is 12.5. The van der Waals surface area contributed by atoms with Crippen LogP contribution in [0.3, 0.4) is 0 Å². The predicted octanol–water partition coefficient (Wildman–Crippen LogP) is 3.04. The number of para-hydroxylation sites is 1. The molecular formula is C22H33N3O. The van der Waals surface area contributed by atoms with Crippen molar-refractivity contribution in [2.24, 2.45) is 28.4 Å². The van der Waals surface area contributed by atoms with E-state index in [1.54, 1.807) is 0 Å². The molecule has 3 aliphatic rings. The molecule has 1 saturated heterocycles. The van der Waals surface area contributed by atoms with Crippen LogP contribution in [0, 0.1) is 29.6 Å². The van der Waals surface area contributed by atoms with E-state index in [4.69, 9.17) is 5.73 Å². The Balaban J connectivity index is 1.46. The minimum atomic E-state index is -0.00172. The van der Waals surface area contributed by atoms with Crippen molar-refractivity contribution >= 4 is 11.6 Å². The van der Waals surface area contributed by atoms with Gasteiger partial charge in [-0.25, -0.2) is 0 Å². The molecule has 142 valence electrons. The van der Waals surface area contributed by atoms with Crippen molar-refractivity contribution in [2.75, 3.05) is 31.1 Å². The van der Waals surface area contributed by atoms with E-state index in [1.165, 1.54) is 11.3 Å². The quantitative estimate of drug-likeness (QED) is 0.887. The molecule has 2 bridgehead atoms. The Kier molecular flexibility index (Phi) is 4.11. The normalized spacial score (nSPS) is 35.8. The van der Waals surface area contributed by atoms with Crippen LogP contribution in [0.1, 0.15) is 39.2 Å². The number of hydrogen-bond acceptors (Lipinski definition) is 3. The molecule has 26 heavy (non-hydrogen) atoms. The van der Waals surface area contributed by atoms with Gasteiger partial charge < -0.3 is 15.5 Å². The first-order valence-electron chi connectivity index (χ1n) is 10.1. The van der Waals surface area contributed by atoms with E-state index < -0.39 is 0 Å². The summed E-state index contributed by atoms with van der Waals surface area (Å²) in [6.07, 6.45) is 2.31. The zero-order valence-electron chi connectivity index (χ0n) is 16.7. The molecule has 2 aliphatic carbocycles. The number of carbonyl (C=O) groups excluding carboxylic acids is 1. The van der Waals surface area contributed by atoms with Crippen molar-refractivity contribution in [3.05, 3.63) is 29.8 Å². The standard InChI is InChI=1S/C22H33N3O/c1-15-7-5-6-8-17(15)24-11-13-25(14-12-24)20(26)18-16-9-10-22(4,19(18)23)21(16,2)3/h5-8,16,18-19H,9-14,23H2,1-4H3. The summed E-state index contributed by atoms with van der Waals surface area (Å²) in [5.74, 6) is 0.751. The average Bonchev–Trinajstić information content (AvgIpc) is 2.94. The van der Waals surface area contributed by atoms with Gasteiger partial charge in [0.15, 0.2) is 0 Å². The number of anilines is 1. The molecule has 4 atom stereocenters. The van der Waals surface area contributed by atoms with Crippen LogP contribution in [0.15, 0.2) is 24.3 Å². The van der Waals surface area contributed by atoms with Crippen LogP contribution in [0.4, 0.5) is 5.69 Å². The van der Waals surface area contributed by atoms with Crippen LogP contribution in [-0.2, 0) is 4.79 Å². The molecule has 2 N–H and O–H groups in total. The molecule has 4 rings (SSSR count). The molecule has 4 nitrogen and oxygen atoms in total. The van der Waals surface area contributed by atoms with Gasteiger partial charge in [-0.1, -0.05) is 39.0 Å². The maximum absolute atomic E-state index is 13.4. The summed E-state index contributed by atoms with van der Waals surface area (Å²) < 4.78 is 0. The van der Waals surface area contributed by atoms with E-state index in [0.717, 1.165) is 39.0 Å². The molecule has 1 aliphatic heterocycles. The number of amides is 1. The highest BCUT2D eigenvalue weighted by Gasteiger charge is 2.67. The highest BCUT2D eigenvalue weighted by atomic mass is 16.2. The summed E-state index contributed by atoms with van der Waals surface area (Å²) in [6, 6.07) is 8.51. The van der Waals surface area contributed by atoms with Crippen molar-refractivity contribution in [2.45, 2.75) is 46.6 Å². The van der Waals surface area contributed by atoms with Gasteiger partial charge in [0.2, 0.25) is 5.91 Å². The van der Waals surface area contributed by atoms with Crippen LogP contribution in [-0.4, -0.2) is 43.0 Å². The van der Waals surface area contributed by atoms with E-state index in [1.807, 2.05) is 0 Å². The maximum Gasteiger partial charge on any atom is 0.227 e. The Hall–Kier alpha value is -1.55. The Bertz CT molecular complexity index is 707. The van der Waals surface area contributed by atoms with Crippen molar-refractivity contribution in [3.63, 3.8) is 0 Å². The zero-order valence-corrected chi connectivity index (χ0v) is 16.7. The van der Waals surface area contributed by atoms with E-state index in [-0.39, 0.29) is 22.8 Å². The summed E-state index contributed by atoms with van der Waals surface area (Å²) in [4.78, 5) is 17.9. The molecule has 1 aromatic carbocycles. The number of rotatable bonds is 2. The number of benzene rings is 1. The van der Waals surface area contributed by atoms with Crippen molar-refractivity contribution in [1.29, 1.82) is 0 Å². The fraction of sp³-hybridized carbons (Fsp3) is 0.682. The first-order chi connectivity index (χ1) is 12.3. The van der Waals surface area contributed by atoms with E-state index in [2.05, 4.69) is 61.8 Å². The number of carbonyl (C=O) groups is 1. The number of hydrogen-bond donors (Lipinski definition) is 1. The van der Waals surface area contributed by atoms with Crippen LogP contribution >= 0.6 is 0 Å². The van der Waals surface area contributed by atoms with Crippen molar-refractivity contribution in [1.82, 2.24) is 4.90 Å². The molecule has 1 aromatic rings. The lowest BCUT2D eigenvalue weighted by atomic mass is 9.69. The molecule has 3 fully saturated rings. The Morgan fingerprint density at radius 1 is 1.12 bits per heavy atom. The third-order valence-electron chi connectivity index (χ3n) is 8.26. The molecule has 4 unspecified atom stereocenters. The Morgan fingerprint density at radius 2 is 1.77 bits per heavy atom. The fourth-order valence-electron chi connectivity index (χ4n) is 6.06. The van der Waals surface area contributed by atoms with Gasteiger partial charge in [-0.3, -0.25) is 4.79 Å². The average molecular weight is 356 g/mol. The number of nitrogens with two attached hydrogens (primary N) is 1. The van der Waals surface area contributed by atoms with Gasteiger partial charge in [0.05, 0.1) is 5.92 Å².